The summed E-state index contributed by atoms with van der Waals surface area (Å²) in [7, 11) is 0. The molecule has 0 amide bonds. The van der Waals surface area contributed by atoms with Gasteiger partial charge in [-0.2, -0.15) is 0 Å². The van der Waals surface area contributed by atoms with Gasteiger partial charge in [0.2, 0.25) is 0 Å². The lowest BCUT2D eigenvalue weighted by Crippen LogP contribution is -2.21. The summed E-state index contributed by atoms with van der Waals surface area (Å²) in [6.07, 6.45) is -1.38. The molecular weight excluding hydrogens is 164 g/mol. The molecule has 1 aromatic rings. The number of aromatic nitrogens is 1. The number of nitrogens with zero attached hydrogens (tertiary/aromatic N) is 1. The average Bonchev–Trinajstić information content (AvgIpc) is 2.49. The Kier molecular flexibility index (Phi) is 2.64. The summed E-state index contributed by atoms with van der Waals surface area (Å²) >= 11 is 0. The Morgan fingerprint density at radius 1 is 1.58 bits per heavy atom. The molecule has 0 spiro atoms. The molecule has 0 saturated heterocycles. The highest BCUT2D eigenvalue weighted by Crippen LogP contribution is 2.18. The van der Waals surface area contributed by atoms with Gasteiger partial charge in [-0.25, -0.2) is 4.98 Å². The molecule has 1 aromatic heterocycles. The van der Waals surface area contributed by atoms with Gasteiger partial charge >= 0.3 is 0 Å². The minimum atomic E-state index is -1.29. The fraction of sp³-hybridized carbons (Fsp3) is 0.500. The summed E-state index contributed by atoms with van der Waals surface area (Å²) in [4.78, 5) is 3.51. The maximum atomic E-state index is 9.20. The van der Waals surface area contributed by atoms with Crippen molar-refractivity contribution in [1.29, 1.82) is 0 Å². The number of nitrogen functional groups attached to an aromatic ring is 1. The second kappa shape index (κ2) is 3.53. The molecule has 1 heterocycles. The minimum Gasteiger partial charge on any atom is -0.426 e. The lowest BCUT2D eigenvalue weighted by molar-refractivity contribution is -0.0248. The van der Waals surface area contributed by atoms with Crippen molar-refractivity contribution in [2.45, 2.75) is 12.2 Å². The highest BCUT2D eigenvalue weighted by atomic mass is 16.4. The van der Waals surface area contributed by atoms with Crippen LogP contribution in [0.5, 0.6) is 0 Å². The highest BCUT2D eigenvalue weighted by molar-refractivity contribution is 5.12. The first-order valence-electron chi connectivity index (χ1n) is 3.33. The van der Waals surface area contributed by atoms with Crippen molar-refractivity contribution in [2.75, 3.05) is 12.3 Å². The van der Waals surface area contributed by atoms with Crippen LogP contribution in [0, 0.1) is 0 Å². The molecule has 0 aromatic carbocycles. The number of hydrogen-bond donors (Lipinski definition) is 4. The van der Waals surface area contributed by atoms with Gasteiger partial charge in [-0.15, -0.1) is 0 Å². The molecule has 2 unspecified atom stereocenters. The molecule has 0 aliphatic carbocycles. The van der Waals surface area contributed by atoms with Crippen molar-refractivity contribution in [3.05, 3.63) is 12.0 Å². The zero-order valence-electron chi connectivity index (χ0n) is 6.21. The fourth-order valence-electron chi connectivity index (χ4n) is 0.727. The van der Waals surface area contributed by atoms with Crippen LogP contribution >= 0.6 is 0 Å². The molecule has 1 rings (SSSR count). The molecular formula is C6H10N2O4. The molecule has 12 heavy (non-hydrogen) atoms. The molecule has 68 valence electrons. The van der Waals surface area contributed by atoms with E-state index in [1.807, 2.05) is 0 Å². The Hall–Kier alpha value is -1.11. The third kappa shape index (κ3) is 1.73. The summed E-state index contributed by atoms with van der Waals surface area (Å²) in [6, 6.07) is -0.0887. The number of anilines is 1. The fourth-order valence-corrected chi connectivity index (χ4v) is 0.727. The second-order valence-corrected chi connectivity index (χ2v) is 2.30. The van der Waals surface area contributed by atoms with Crippen molar-refractivity contribution < 1.29 is 19.7 Å². The highest BCUT2D eigenvalue weighted by Gasteiger charge is 2.20. The van der Waals surface area contributed by atoms with E-state index in [0.29, 0.717) is 0 Å². The largest absolute Gasteiger partial charge is 0.426 e. The third-order valence-corrected chi connectivity index (χ3v) is 1.38. The lowest BCUT2D eigenvalue weighted by atomic mass is 10.2. The standard InChI is InChI=1S/C6H10N2O4/c7-6-8-1-4(12-6)5(11)3(10)2-9/h1,3,5,9-11H,2H2,(H2,7,8). The molecule has 0 bridgehead atoms. The SMILES string of the molecule is Nc1ncc(C(O)C(O)CO)o1. The van der Waals surface area contributed by atoms with Crippen molar-refractivity contribution in [3.8, 4) is 0 Å². The monoisotopic (exact) mass is 174 g/mol. The molecule has 0 radical (unpaired) electrons. The first kappa shape index (κ1) is 8.98. The van der Waals surface area contributed by atoms with E-state index in [2.05, 4.69) is 4.98 Å². The zero-order valence-corrected chi connectivity index (χ0v) is 6.21. The van der Waals surface area contributed by atoms with Gasteiger partial charge < -0.3 is 25.5 Å². The smallest absolute Gasteiger partial charge is 0.292 e. The van der Waals surface area contributed by atoms with Crippen molar-refractivity contribution in [2.24, 2.45) is 0 Å². The molecule has 0 saturated carbocycles. The Balaban J connectivity index is 2.70. The second-order valence-electron chi connectivity index (χ2n) is 2.30. The van der Waals surface area contributed by atoms with Crippen LogP contribution in [-0.4, -0.2) is 33.0 Å². The van der Waals surface area contributed by atoms with Crippen molar-refractivity contribution in [1.82, 2.24) is 4.98 Å². The molecule has 0 aliphatic rings. The lowest BCUT2D eigenvalue weighted by Gasteiger charge is -2.11. The van der Waals surface area contributed by atoms with Crippen LogP contribution in [0.4, 0.5) is 6.01 Å². The van der Waals surface area contributed by atoms with E-state index in [1.54, 1.807) is 0 Å². The quantitative estimate of drug-likeness (QED) is 0.450. The third-order valence-electron chi connectivity index (χ3n) is 1.38. The van der Waals surface area contributed by atoms with E-state index < -0.39 is 18.8 Å². The Labute approximate surface area is 68.3 Å². The van der Waals surface area contributed by atoms with Crippen molar-refractivity contribution >= 4 is 6.01 Å². The van der Waals surface area contributed by atoms with E-state index in [1.165, 1.54) is 6.20 Å². The summed E-state index contributed by atoms with van der Waals surface area (Å²) in [6.45, 7) is -0.554. The zero-order chi connectivity index (χ0) is 9.14. The molecule has 2 atom stereocenters. The van der Waals surface area contributed by atoms with E-state index in [9.17, 15) is 5.11 Å². The maximum absolute atomic E-state index is 9.20. The van der Waals surface area contributed by atoms with Crippen LogP contribution in [0.25, 0.3) is 0 Å². The molecule has 6 heteroatoms. The summed E-state index contributed by atoms with van der Waals surface area (Å²) < 4.78 is 4.71. The van der Waals surface area contributed by atoms with Crippen LogP contribution in [-0.2, 0) is 0 Å². The van der Waals surface area contributed by atoms with Gasteiger partial charge in [0.25, 0.3) is 6.01 Å². The Morgan fingerprint density at radius 2 is 2.25 bits per heavy atom. The number of rotatable bonds is 3. The van der Waals surface area contributed by atoms with Crippen LogP contribution in [0.2, 0.25) is 0 Å². The van der Waals surface area contributed by atoms with Crippen LogP contribution in [0.1, 0.15) is 11.9 Å². The predicted molar refractivity (Wildman–Crippen MR) is 39.0 cm³/mol. The van der Waals surface area contributed by atoms with Crippen molar-refractivity contribution in [3.63, 3.8) is 0 Å². The van der Waals surface area contributed by atoms with Gasteiger partial charge in [0.05, 0.1) is 12.8 Å². The first-order valence-corrected chi connectivity index (χ1v) is 3.33. The number of aliphatic hydroxyl groups is 3. The Morgan fingerprint density at radius 3 is 2.67 bits per heavy atom. The van der Waals surface area contributed by atoms with E-state index in [4.69, 9.17) is 20.4 Å². The van der Waals surface area contributed by atoms with Gasteiger partial charge in [0.1, 0.15) is 12.2 Å². The van der Waals surface area contributed by atoms with E-state index in [0.717, 1.165) is 0 Å². The first-order chi connectivity index (χ1) is 5.65. The van der Waals surface area contributed by atoms with Gasteiger partial charge in [0.15, 0.2) is 5.76 Å². The number of nitrogens with two attached hydrogens (primary N) is 1. The van der Waals surface area contributed by atoms with Crippen LogP contribution < -0.4 is 5.73 Å². The molecule has 5 N–H and O–H groups in total. The van der Waals surface area contributed by atoms with Gasteiger partial charge in [-0.05, 0) is 0 Å². The Bertz CT molecular complexity index is 249. The average molecular weight is 174 g/mol. The predicted octanol–water partition coefficient (Wildman–Crippen LogP) is -1.36. The minimum absolute atomic E-state index is 0.0362. The summed E-state index contributed by atoms with van der Waals surface area (Å²) in [5.41, 5.74) is 5.12. The number of oxazole rings is 1. The molecule has 6 nitrogen and oxygen atoms in total. The topological polar surface area (TPSA) is 113 Å². The maximum Gasteiger partial charge on any atom is 0.292 e. The van der Waals surface area contributed by atoms with E-state index >= 15 is 0 Å². The van der Waals surface area contributed by atoms with Gasteiger partial charge in [-0.1, -0.05) is 0 Å². The van der Waals surface area contributed by atoms with E-state index in [-0.39, 0.29) is 11.8 Å². The molecule has 0 aliphatic heterocycles. The van der Waals surface area contributed by atoms with Gasteiger partial charge in [0, 0.05) is 0 Å². The molecule has 0 fully saturated rings. The van der Waals surface area contributed by atoms with Crippen LogP contribution in [0.3, 0.4) is 0 Å². The number of hydrogen-bond acceptors (Lipinski definition) is 6. The summed E-state index contributed by atoms with van der Waals surface area (Å²) in [5.74, 6) is 0.0362. The number of aliphatic hydroxyl groups excluding tert-OH is 3. The normalized spacial score (nSPS) is 15.9. The van der Waals surface area contributed by atoms with Gasteiger partial charge in [-0.3, -0.25) is 0 Å². The van der Waals surface area contributed by atoms with Crippen LogP contribution in [0.15, 0.2) is 10.6 Å². The summed E-state index contributed by atoms with van der Waals surface area (Å²) in [5, 5.41) is 26.6.